The summed E-state index contributed by atoms with van der Waals surface area (Å²) in [5, 5.41) is 2.28. The summed E-state index contributed by atoms with van der Waals surface area (Å²) in [6.45, 7) is -1.26. The van der Waals surface area contributed by atoms with E-state index in [2.05, 4.69) is 5.32 Å². The van der Waals surface area contributed by atoms with Crippen LogP contribution >= 0.6 is 0 Å². The molecule has 0 aromatic heterocycles. The first-order valence-corrected chi connectivity index (χ1v) is 8.20. The fourth-order valence-corrected chi connectivity index (χ4v) is 3.67. The lowest BCUT2D eigenvalue weighted by Crippen LogP contribution is -2.62. The summed E-state index contributed by atoms with van der Waals surface area (Å²) < 4.78 is 68.2. The lowest BCUT2D eigenvalue weighted by molar-refractivity contribution is -0.219. The van der Waals surface area contributed by atoms with Crippen LogP contribution in [0.15, 0.2) is 24.3 Å². The van der Waals surface area contributed by atoms with Gasteiger partial charge in [-0.25, -0.2) is 13.6 Å². The third kappa shape index (κ3) is 3.18. The molecule has 2 aliphatic rings. The molecule has 8 heteroatoms. The molecule has 0 spiro atoms. The minimum absolute atomic E-state index is 0.0148. The van der Waals surface area contributed by atoms with Crippen LogP contribution in [0, 0.1) is 11.2 Å². The van der Waals surface area contributed by atoms with Gasteiger partial charge in [0.05, 0.1) is 18.5 Å². The number of amides is 2. The highest BCUT2D eigenvalue weighted by Gasteiger charge is 2.56. The second-order valence-corrected chi connectivity index (χ2v) is 6.95. The van der Waals surface area contributed by atoms with Gasteiger partial charge in [-0.2, -0.15) is 13.2 Å². The molecule has 1 aliphatic heterocycles. The lowest BCUT2D eigenvalue weighted by atomic mass is 9.85. The Morgan fingerprint density at radius 2 is 1.76 bits per heavy atom. The van der Waals surface area contributed by atoms with Gasteiger partial charge < -0.3 is 10.2 Å². The molecule has 1 aromatic carbocycles. The summed E-state index contributed by atoms with van der Waals surface area (Å²) in [5.74, 6) is -0.702. The zero-order valence-corrected chi connectivity index (χ0v) is 13.5. The Kier molecular flexibility index (Phi) is 4.41. The van der Waals surface area contributed by atoms with E-state index in [1.54, 1.807) is 0 Å². The van der Waals surface area contributed by atoms with E-state index in [1.165, 1.54) is 18.2 Å². The summed E-state index contributed by atoms with van der Waals surface area (Å²) in [5.41, 5.74) is -4.04. The molecule has 3 rings (SSSR count). The number of rotatable bonds is 3. The van der Waals surface area contributed by atoms with Crippen LogP contribution in [-0.4, -0.2) is 36.7 Å². The molecule has 1 aliphatic carbocycles. The maximum atomic E-state index is 14.7. The van der Waals surface area contributed by atoms with Crippen LogP contribution in [0.25, 0.3) is 0 Å². The number of halogens is 5. The topological polar surface area (TPSA) is 32.3 Å². The molecule has 25 heavy (non-hydrogen) atoms. The van der Waals surface area contributed by atoms with Gasteiger partial charge in [-0.3, -0.25) is 0 Å². The van der Waals surface area contributed by atoms with Crippen molar-refractivity contribution in [2.24, 2.45) is 5.41 Å². The highest BCUT2D eigenvalue weighted by molar-refractivity contribution is 5.75. The van der Waals surface area contributed by atoms with Gasteiger partial charge >= 0.3 is 12.2 Å². The van der Waals surface area contributed by atoms with Crippen molar-refractivity contribution in [2.75, 3.05) is 19.6 Å². The first kappa shape index (κ1) is 17.9. The Labute approximate surface area is 142 Å². The average molecular weight is 362 g/mol. The molecule has 1 heterocycles. The Morgan fingerprint density at radius 3 is 2.32 bits per heavy atom. The summed E-state index contributed by atoms with van der Waals surface area (Å²) in [7, 11) is 0. The number of hydrogen-bond acceptors (Lipinski definition) is 1. The van der Waals surface area contributed by atoms with Gasteiger partial charge in [-0.05, 0) is 18.9 Å². The molecule has 2 amide bonds. The lowest BCUT2D eigenvalue weighted by Gasteiger charge is -2.45. The summed E-state index contributed by atoms with van der Waals surface area (Å²) in [6.07, 6.45) is -3.47. The first-order valence-electron chi connectivity index (χ1n) is 8.20. The highest BCUT2D eigenvalue weighted by atomic mass is 19.4. The molecule has 2 fully saturated rings. The SMILES string of the molecule is O=C(NCC1(C(F)(F)F)CCCC1)N1CC(F)(c2ccccc2F)C1. The van der Waals surface area contributed by atoms with Gasteiger partial charge in [0, 0.05) is 12.1 Å². The molecule has 3 nitrogen and oxygen atoms in total. The molecule has 138 valence electrons. The summed E-state index contributed by atoms with van der Waals surface area (Å²) >= 11 is 0. The number of alkyl halides is 4. The minimum atomic E-state index is -4.39. The van der Waals surface area contributed by atoms with Crippen LogP contribution in [-0.2, 0) is 5.67 Å². The smallest absolute Gasteiger partial charge is 0.337 e. The standard InChI is InChI=1S/C17H19F5N2O/c18-13-6-2-1-5-12(13)16(19)10-24(11-16)14(25)23-9-15(17(20,21)22)7-3-4-8-15/h1-2,5-6H,3-4,7-11H2,(H,23,25). The molecule has 0 atom stereocenters. The van der Waals surface area contributed by atoms with Crippen LogP contribution < -0.4 is 5.32 Å². The van der Waals surface area contributed by atoms with Crippen molar-refractivity contribution in [3.63, 3.8) is 0 Å². The average Bonchev–Trinajstić information content (AvgIpc) is 3.00. The van der Waals surface area contributed by atoms with Crippen LogP contribution in [0.5, 0.6) is 0 Å². The van der Waals surface area contributed by atoms with Gasteiger partial charge in [0.1, 0.15) is 5.82 Å². The Bertz CT molecular complexity index is 649. The summed E-state index contributed by atoms with van der Waals surface area (Å²) in [6, 6.07) is 4.62. The minimum Gasteiger partial charge on any atom is -0.337 e. The number of likely N-dealkylation sites (tertiary alicyclic amines) is 1. The number of urea groups is 1. The van der Waals surface area contributed by atoms with Crippen molar-refractivity contribution in [2.45, 2.75) is 37.5 Å². The van der Waals surface area contributed by atoms with Crippen molar-refractivity contribution < 1.29 is 26.7 Å². The number of carbonyl (C=O) groups is 1. The predicted molar refractivity (Wildman–Crippen MR) is 81.1 cm³/mol. The van der Waals surface area contributed by atoms with E-state index in [-0.39, 0.29) is 31.5 Å². The Balaban J connectivity index is 1.58. The maximum Gasteiger partial charge on any atom is 0.396 e. The second kappa shape index (κ2) is 6.14. The molecule has 0 radical (unpaired) electrons. The molecule has 1 saturated carbocycles. The normalized spacial score (nSPS) is 21.7. The second-order valence-electron chi connectivity index (χ2n) is 6.95. The number of nitrogens with zero attached hydrogens (tertiary/aromatic N) is 1. The fraction of sp³-hybridized carbons (Fsp3) is 0.588. The van der Waals surface area contributed by atoms with Crippen LogP contribution in [0.3, 0.4) is 0 Å². The Hall–Kier alpha value is -1.86. The third-order valence-corrected chi connectivity index (χ3v) is 5.27. The quantitative estimate of drug-likeness (QED) is 0.806. The molecule has 1 aromatic rings. The Morgan fingerprint density at radius 1 is 1.16 bits per heavy atom. The van der Waals surface area contributed by atoms with Gasteiger partial charge in [0.2, 0.25) is 0 Å². The van der Waals surface area contributed by atoms with Crippen molar-refractivity contribution >= 4 is 6.03 Å². The first-order chi connectivity index (χ1) is 11.7. The van der Waals surface area contributed by atoms with Crippen LogP contribution in [0.4, 0.5) is 26.7 Å². The van der Waals surface area contributed by atoms with Gasteiger partial charge in [0.25, 0.3) is 0 Å². The van der Waals surface area contributed by atoms with Gasteiger partial charge in [-0.15, -0.1) is 0 Å². The monoisotopic (exact) mass is 362 g/mol. The molecule has 0 unspecified atom stereocenters. The fourth-order valence-electron chi connectivity index (χ4n) is 3.67. The zero-order valence-electron chi connectivity index (χ0n) is 13.5. The molecule has 1 saturated heterocycles. The van der Waals surface area contributed by atoms with Gasteiger partial charge in [0.15, 0.2) is 5.67 Å². The van der Waals surface area contributed by atoms with E-state index < -0.39 is 35.7 Å². The van der Waals surface area contributed by atoms with E-state index >= 15 is 0 Å². The van der Waals surface area contributed by atoms with E-state index in [9.17, 15) is 26.7 Å². The van der Waals surface area contributed by atoms with Gasteiger partial charge in [-0.1, -0.05) is 31.0 Å². The molecular formula is C17H19F5N2O. The van der Waals surface area contributed by atoms with Crippen molar-refractivity contribution in [3.05, 3.63) is 35.6 Å². The predicted octanol–water partition coefficient (Wildman–Crippen LogP) is 4.14. The molecule has 1 N–H and O–H groups in total. The number of nitrogens with one attached hydrogen (secondary N) is 1. The maximum absolute atomic E-state index is 14.7. The summed E-state index contributed by atoms with van der Waals surface area (Å²) in [4.78, 5) is 13.1. The number of hydrogen-bond donors (Lipinski definition) is 1. The van der Waals surface area contributed by atoms with Crippen LogP contribution in [0.1, 0.15) is 31.2 Å². The van der Waals surface area contributed by atoms with E-state index in [0.29, 0.717) is 12.8 Å². The third-order valence-electron chi connectivity index (χ3n) is 5.27. The van der Waals surface area contributed by atoms with Crippen molar-refractivity contribution in [3.8, 4) is 0 Å². The van der Waals surface area contributed by atoms with Crippen LogP contribution in [0.2, 0.25) is 0 Å². The number of benzene rings is 1. The molecular weight excluding hydrogens is 343 g/mol. The van der Waals surface area contributed by atoms with Crippen molar-refractivity contribution in [1.29, 1.82) is 0 Å². The van der Waals surface area contributed by atoms with E-state index in [4.69, 9.17) is 0 Å². The van der Waals surface area contributed by atoms with E-state index in [0.717, 1.165) is 11.0 Å². The van der Waals surface area contributed by atoms with Crippen molar-refractivity contribution in [1.82, 2.24) is 10.2 Å². The highest BCUT2D eigenvalue weighted by Crippen LogP contribution is 2.50. The largest absolute Gasteiger partial charge is 0.396 e. The number of carbonyl (C=O) groups excluding carboxylic acids is 1. The zero-order chi connectivity index (χ0) is 18.3. The molecule has 0 bridgehead atoms. The van der Waals surface area contributed by atoms with E-state index in [1.807, 2.05) is 0 Å².